The fourth-order valence-electron chi connectivity index (χ4n) is 2.86. The van der Waals surface area contributed by atoms with Crippen LogP contribution < -0.4 is 10.2 Å². The number of nitrogens with one attached hydrogen (secondary N) is 1. The number of aryl methyl sites for hydroxylation is 1. The maximum atomic E-state index is 12.4. The first-order valence-corrected chi connectivity index (χ1v) is 7.78. The van der Waals surface area contributed by atoms with Crippen molar-refractivity contribution in [2.24, 2.45) is 5.92 Å². The second-order valence-electron chi connectivity index (χ2n) is 5.72. The van der Waals surface area contributed by atoms with Crippen LogP contribution in [0.15, 0.2) is 24.3 Å². The maximum Gasteiger partial charge on any atom is 0.226 e. The fourth-order valence-corrected chi connectivity index (χ4v) is 2.86. The smallest absolute Gasteiger partial charge is 0.226 e. The molecule has 1 aliphatic rings. The molecule has 1 saturated heterocycles. The number of hydrogen-bond donors (Lipinski definition) is 1. The van der Waals surface area contributed by atoms with Crippen LogP contribution in [0.5, 0.6) is 0 Å². The molecular formula is C17H26N2O. The minimum atomic E-state index is 0.252. The van der Waals surface area contributed by atoms with Crippen molar-refractivity contribution >= 4 is 11.6 Å². The highest BCUT2D eigenvalue weighted by atomic mass is 16.2. The molecule has 1 fully saturated rings. The van der Waals surface area contributed by atoms with Gasteiger partial charge in [0.25, 0.3) is 0 Å². The number of nitrogens with zero attached hydrogens (tertiary/aromatic N) is 1. The Hall–Kier alpha value is -1.35. The molecule has 2 rings (SSSR count). The summed E-state index contributed by atoms with van der Waals surface area (Å²) in [6.07, 6.45) is 4.17. The third-order valence-electron chi connectivity index (χ3n) is 4.13. The molecule has 0 saturated carbocycles. The summed E-state index contributed by atoms with van der Waals surface area (Å²) in [5.74, 6) is 0.923. The number of benzene rings is 1. The van der Waals surface area contributed by atoms with Gasteiger partial charge < -0.3 is 10.2 Å². The second kappa shape index (κ2) is 7.44. The summed E-state index contributed by atoms with van der Waals surface area (Å²) in [6, 6.07) is 8.21. The lowest BCUT2D eigenvalue weighted by molar-refractivity contribution is -0.118. The quantitative estimate of drug-likeness (QED) is 0.894. The summed E-state index contributed by atoms with van der Waals surface area (Å²) >= 11 is 0. The van der Waals surface area contributed by atoms with Gasteiger partial charge in [-0.25, -0.2) is 0 Å². The maximum absolute atomic E-state index is 12.4. The summed E-state index contributed by atoms with van der Waals surface area (Å²) in [5.41, 5.74) is 2.25. The summed E-state index contributed by atoms with van der Waals surface area (Å²) in [4.78, 5) is 14.3. The van der Waals surface area contributed by atoms with E-state index in [4.69, 9.17) is 0 Å². The van der Waals surface area contributed by atoms with Crippen LogP contribution in [0.2, 0.25) is 0 Å². The monoisotopic (exact) mass is 274 g/mol. The molecule has 1 atom stereocenters. The van der Waals surface area contributed by atoms with E-state index < -0.39 is 0 Å². The number of carbonyl (C=O) groups is 1. The minimum Gasteiger partial charge on any atom is -0.316 e. The van der Waals surface area contributed by atoms with Gasteiger partial charge in [0.1, 0.15) is 0 Å². The van der Waals surface area contributed by atoms with E-state index in [0.29, 0.717) is 12.3 Å². The van der Waals surface area contributed by atoms with Crippen LogP contribution in [0, 0.1) is 12.8 Å². The molecule has 3 nitrogen and oxygen atoms in total. The van der Waals surface area contributed by atoms with Crippen LogP contribution in [0.3, 0.4) is 0 Å². The van der Waals surface area contributed by atoms with Crippen LogP contribution >= 0.6 is 0 Å². The Balaban J connectivity index is 1.89. The van der Waals surface area contributed by atoms with E-state index in [2.05, 4.69) is 24.4 Å². The van der Waals surface area contributed by atoms with Crippen molar-refractivity contribution in [2.75, 3.05) is 24.5 Å². The molecule has 0 bridgehead atoms. The van der Waals surface area contributed by atoms with Crippen LogP contribution in [0.1, 0.15) is 38.2 Å². The van der Waals surface area contributed by atoms with E-state index in [9.17, 15) is 4.79 Å². The lowest BCUT2D eigenvalue weighted by Crippen LogP contribution is -2.33. The van der Waals surface area contributed by atoms with Crippen molar-refractivity contribution in [1.82, 2.24) is 5.32 Å². The van der Waals surface area contributed by atoms with Gasteiger partial charge in [0.2, 0.25) is 5.91 Å². The molecule has 1 heterocycles. The van der Waals surface area contributed by atoms with Crippen LogP contribution in [0.4, 0.5) is 5.69 Å². The number of piperidine rings is 1. The van der Waals surface area contributed by atoms with Crippen molar-refractivity contribution in [3.63, 3.8) is 0 Å². The molecule has 3 heteroatoms. The first-order chi connectivity index (χ1) is 9.70. The van der Waals surface area contributed by atoms with Gasteiger partial charge >= 0.3 is 0 Å². The number of carbonyl (C=O) groups excluding carboxylic acids is 1. The zero-order chi connectivity index (χ0) is 14.4. The number of anilines is 1. The van der Waals surface area contributed by atoms with Crippen molar-refractivity contribution in [2.45, 2.75) is 39.5 Å². The fraction of sp³-hybridized carbons (Fsp3) is 0.588. The lowest BCUT2D eigenvalue weighted by atomic mass is 9.94. The largest absolute Gasteiger partial charge is 0.316 e. The Morgan fingerprint density at radius 3 is 2.70 bits per heavy atom. The van der Waals surface area contributed by atoms with E-state index in [1.54, 1.807) is 0 Å². The number of hydrogen-bond acceptors (Lipinski definition) is 2. The predicted molar refractivity (Wildman–Crippen MR) is 84.0 cm³/mol. The molecule has 110 valence electrons. The standard InChI is InChI=1S/C17H26N2O/c1-3-19(16-9-6-14(2)7-10-16)17(20)11-8-15-5-4-12-18-13-15/h6-7,9-10,15,18H,3-5,8,11-13H2,1-2H3. The highest BCUT2D eigenvalue weighted by molar-refractivity contribution is 5.93. The predicted octanol–water partition coefficient (Wildman–Crippen LogP) is 3.13. The van der Waals surface area contributed by atoms with Gasteiger partial charge in [-0.3, -0.25) is 4.79 Å². The van der Waals surface area contributed by atoms with E-state index in [0.717, 1.165) is 31.7 Å². The molecule has 0 aliphatic carbocycles. The van der Waals surface area contributed by atoms with Crippen LogP contribution in [-0.4, -0.2) is 25.5 Å². The Bertz CT molecular complexity index is 421. The molecule has 1 aliphatic heterocycles. The summed E-state index contributed by atoms with van der Waals surface area (Å²) in [5, 5.41) is 3.41. The molecule has 1 aromatic carbocycles. The van der Waals surface area contributed by atoms with Crippen molar-refractivity contribution < 1.29 is 4.79 Å². The lowest BCUT2D eigenvalue weighted by Gasteiger charge is -2.25. The van der Waals surface area contributed by atoms with E-state index in [1.165, 1.54) is 18.4 Å². The van der Waals surface area contributed by atoms with Gasteiger partial charge in [-0.2, -0.15) is 0 Å². The first kappa shape index (κ1) is 15.0. The average Bonchev–Trinajstić information content (AvgIpc) is 2.49. The number of rotatable bonds is 5. The molecule has 1 unspecified atom stereocenters. The summed E-state index contributed by atoms with van der Waals surface area (Å²) in [7, 11) is 0. The molecule has 0 radical (unpaired) electrons. The Morgan fingerprint density at radius 2 is 2.10 bits per heavy atom. The van der Waals surface area contributed by atoms with Crippen LogP contribution in [-0.2, 0) is 4.79 Å². The topological polar surface area (TPSA) is 32.3 Å². The summed E-state index contributed by atoms with van der Waals surface area (Å²) < 4.78 is 0. The van der Waals surface area contributed by atoms with Gasteiger partial charge in [0, 0.05) is 18.7 Å². The Kier molecular flexibility index (Phi) is 5.60. The normalized spacial score (nSPS) is 18.8. The third-order valence-corrected chi connectivity index (χ3v) is 4.13. The van der Waals surface area contributed by atoms with Crippen molar-refractivity contribution in [1.29, 1.82) is 0 Å². The molecule has 1 N–H and O–H groups in total. The minimum absolute atomic E-state index is 0.252. The zero-order valence-corrected chi connectivity index (χ0v) is 12.7. The highest BCUT2D eigenvalue weighted by Gasteiger charge is 2.18. The molecule has 1 aromatic rings. The average molecular weight is 274 g/mol. The van der Waals surface area contributed by atoms with Gasteiger partial charge in [0.15, 0.2) is 0 Å². The van der Waals surface area contributed by atoms with E-state index in [1.807, 2.05) is 24.0 Å². The third kappa shape index (κ3) is 4.07. The van der Waals surface area contributed by atoms with Crippen molar-refractivity contribution in [3.8, 4) is 0 Å². The Morgan fingerprint density at radius 1 is 1.35 bits per heavy atom. The first-order valence-electron chi connectivity index (χ1n) is 7.78. The van der Waals surface area contributed by atoms with Crippen molar-refractivity contribution in [3.05, 3.63) is 29.8 Å². The molecule has 1 amide bonds. The van der Waals surface area contributed by atoms with Gasteiger partial charge in [-0.15, -0.1) is 0 Å². The van der Waals surface area contributed by atoms with Gasteiger partial charge in [-0.1, -0.05) is 17.7 Å². The highest BCUT2D eigenvalue weighted by Crippen LogP contribution is 2.20. The molecule has 20 heavy (non-hydrogen) atoms. The van der Waals surface area contributed by atoms with Gasteiger partial charge in [-0.05, 0) is 64.3 Å². The summed E-state index contributed by atoms with van der Waals surface area (Å²) in [6.45, 7) is 7.06. The molecule has 0 aromatic heterocycles. The number of amides is 1. The SMILES string of the molecule is CCN(C(=O)CCC1CCCNC1)c1ccc(C)cc1. The van der Waals surface area contributed by atoms with Crippen LogP contribution in [0.25, 0.3) is 0 Å². The van der Waals surface area contributed by atoms with Gasteiger partial charge in [0.05, 0.1) is 0 Å². The van der Waals surface area contributed by atoms with E-state index in [-0.39, 0.29) is 5.91 Å². The van der Waals surface area contributed by atoms with E-state index >= 15 is 0 Å². The molecular weight excluding hydrogens is 248 g/mol. The zero-order valence-electron chi connectivity index (χ0n) is 12.7. The molecule has 0 spiro atoms. The Labute approximate surface area is 122 Å². The second-order valence-corrected chi connectivity index (χ2v) is 5.72.